The van der Waals surface area contributed by atoms with E-state index in [1.54, 1.807) is 13.8 Å². The number of carbonyl (C=O) groups excluding carboxylic acids is 1. The number of hydrogen-bond acceptors (Lipinski definition) is 5. The molecule has 8 nitrogen and oxygen atoms in total. The van der Waals surface area contributed by atoms with E-state index < -0.39 is 11.0 Å². The van der Waals surface area contributed by atoms with Crippen LogP contribution in [0.15, 0.2) is 0 Å². The smallest absolute Gasteiger partial charge is 0.333 e. The molecule has 0 saturated carbocycles. The van der Waals surface area contributed by atoms with E-state index >= 15 is 0 Å². The highest BCUT2D eigenvalue weighted by atomic mass is 16.6. The van der Waals surface area contributed by atoms with Gasteiger partial charge in [0.2, 0.25) is 11.7 Å². The van der Waals surface area contributed by atoms with Gasteiger partial charge in [0, 0.05) is 13.1 Å². The third-order valence-electron chi connectivity index (χ3n) is 2.87. The van der Waals surface area contributed by atoms with Gasteiger partial charge in [-0.05, 0) is 27.2 Å². The van der Waals surface area contributed by atoms with Crippen molar-refractivity contribution in [2.75, 3.05) is 11.9 Å². The summed E-state index contributed by atoms with van der Waals surface area (Å²) in [6.07, 6.45) is 0.838. The van der Waals surface area contributed by atoms with Crippen molar-refractivity contribution >= 4 is 17.4 Å². The average Bonchev–Trinajstić information content (AvgIpc) is 2.71. The monoisotopic (exact) mass is 283 g/mol. The zero-order valence-corrected chi connectivity index (χ0v) is 12.3. The quantitative estimate of drug-likeness (QED) is 0.582. The van der Waals surface area contributed by atoms with Crippen molar-refractivity contribution in [3.8, 4) is 0 Å². The summed E-state index contributed by atoms with van der Waals surface area (Å²) >= 11 is 0. The van der Waals surface area contributed by atoms with Crippen molar-refractivity contribution in [2.24, 2.45) is 0 Å². The summed E-state index contributed by atoms with van der Waals surface area (Å²) in [6, 6.07) is -0.568. The SMILES string of the molecule is CCCNC(=O)C(C)Nc1c([N+](=O)[O-])c(C)nn1CC. The molecule has 1 unspecified atom stereocenters. The minimum atomic E-state index is -0.568. The molecule has 0 saturated heterocycles. The molecular weight excluding hydrogens is 262 g/mol. The van der Waals surface area contributed by atoms with E-state index in [2.05, 4.69) is 15.7 Å². The van der Waals surface area contributed by atoms with Crippen LogP contribution < -0.4 is 10.6 Å². The van der Waals surface area contributed by atoms with Gasteiger partial charge in [-0.2, -0.15) is 5.10 Å². The molecule has 112 valence electrons. The summed E-state index contributed by atoms with van der Waals surface area (Å²) in [5.74, 6) is 0.0804. The minimum Gasteiger partial charge on any atom is -0.354 e. The fourth-order valence-electron chi connectivity index (χ4n) is 1.83. The predicted molar refractivity (Wildman–Crippen MR) is 75.7 cm³/mol. The number of amides is 1. The maximum Gasteiger partial charge on any atom is 0.333 e. The molecule has 1 atom stereocenters. The third kappa shape index (κ3) is 3.46. The number of anilines is 1. The Kier molecular flexibility index (Phi) is 5.48. The zero-order valence-electron chi connectivity index (χ0n) is 12.3. The van der Waals surface area contributed by atoms with E-state index in [0.29, 0.717) is 18.8 Å². The topological polar surface area (TPSA) is 102 Å². The van der Waals surface area contributed by atoms with Crippen LogP contribution in [0.3, 0.4) is 0 Å². The van der Waals surface area contributed by atoms with Gasteiger partial charge in [0.25, 0.3) is 0 Å². The first-order valence-corrected chi connectivity index (χ1v) is 6.68. The molecule has 20 heavy (non-hydrogen) atoms. The molecule has 8 heteroatoms. The second-order valence-corrected chi connectivity index (χ2v) is 4.51. The molecule has 1 rings (SSSR count). The Morgan fingerprint density at radius 1 is 1.50 bits per heavy atom. The number of aryl methyl sites for hydroxylation is 2. The predicted octanol–water partition coefficient (Wildman–Crippen LogP) is 1.45. The van der Waals surface area contributed by atoms with Crippen LogP contribution in [-0.2, 0) is 11.3 Å². The Morgan fingerprint density at radius 2 is 2.15 bits per heavy atom. The molecule has 0 spiro atoms. The lowest BCUT2D eigenvalue weighted by molar-refractivity contribution is -0.384. The lowest BCUT2D eigenvalue weighted by atomic mass is 10.3. The average molecular weight is 283 g/mol. The Hall–Kier alpha value is -2.12. The first kappa shape index (κ1) is 15.9. The number of carbonyl (C=O) groups is 1. The number of rotatable bonds is 7. The normalized spacial score (nSPS) is 12.0. The molecule has 1 amide bonds. The van der Waals surface area contributed by atoms with Crippen LogP contribution in [0.5, 0.6) is 0 Å². The molecular formula is C12H21N5O3. The Labute approximate surface area is 117 Å². The first-order chi connectivity index (χ1) is 9.42. The number of nitrogens with zero attached hydrogens (tertiary/aromatic N) is 3. The van der Waals surface area contributed by atoms with Gasteiger partial charge in [0.05, 0.1) is 4.92 Å². The lowest BCUT2D eigenvalue weighted by Crippen LogP contribution is -2.38. The molecule has 0 aliphatic heterocycles. The molecule has 1 aromatic heterocycles. The van der Waals surface area contributed by atoms with Crippen LogP contribution in [0, 0.1) is 17.0 Å². The van der Waals surface area contributed by atoms with Gasteiger partial charge in [-0.15, -0.1) is 0 Å². The molecule has 1 aromatic rings. The number of aromatic nitrogens is 2. The molecule has 0 aromatic carbocycles. The summed E-state index contributed by atoms with van der Waals surface area (Å²) in [4.78, 5) is 22.4. The van der Waals surface area contributed by atoms with Crippen molar-refractivity contribution in [1.82, 2.24) is 15.1 Å². The summed E-state index contributed by atoms with van der Waals surface area (Å²) in [6.45, 7) is 8.11. The van der Waals surface area contributed by atoms with E-state index in [1.165, 1.54) is 4.68 Å². The van der Waals surface area contributed by atoms with Crippen molar-refractivity contribution in [2.45, 2.75) is 46.7 Å². The minimum absolute atomic E-state index is 0.0815. The molecule has 1 heterocycles. The summed E-state index contributed by atoms with van der Waals surface area (Å²) in [5.41, 5.74) is 0.252. The van der Waals surface area contributed by atoms with E-state index in [9.17, 15) is 14.9 Å². The van der Waals surface area contributed by atoms with Gasteiger partial charge < -0.3 is 10.6 Å². The lowest BCUT2D eigenvalue weighted by Gasteiger charge is -2.15. The van der Waals surface area contributed by atoms with E-state index in [4.69, 9.17) is 0 Å². The van der Waals surface area contributed by atoms with Gasteiger partial charge in [-0.3, -0.25) is 14.9 Å². The van der Waals surface area contributed by atoms with Crippen molar-refractivity contribution in [3.63, 3.8) is 0 Å². The highest BCUT2D eigenvalue weighted by Gasteiger charge is 2.27. The van der Waals surface area contributed by atoms with Gasteiger partial charge in [-0.25, -0.2) is 4.68 Å². The van der Waals surface area contributed by atoms with Gasteiger partial charge in [0.1, 0.15) is 11.7 Å². The van der Waals surface area contributed by atoms with Crippen molar-refractivity contribution < 1.29 is 9.72 Å². The second-order valence-electron chi connectivity index (χ2n) is 4.51. The summed E-state index contributed by atoms with van der Waals surface area (Å²) in [5, 5.41) is 20.8. The summed E-state index contributed by atoms with van der Waals surface area (Å²) in [7, 11) is 0. The van der Waals surface area contributed by atoms with E-state index in [0.717, 1.165) is 6.42 Å². The highest BCUT2D eigenvalue weighted by molar-refractivity contribution is 5.84. The van der Waals surface area contributed by atoms with Gasteiger partial charge in [0.15, 0.2) is 0 Å². The third-order valence-corrected chi connectivity index (χ3v) is 2.87. The molecule has 0 fully saturated rings. The van der Waals surface area contributed by atoms with Crippen LogP contribution in [0.1, 0.15) is 32.9 Å². The highest BCUT2D eigenvalue weighted by Crippen LogP contribution is 2.28. The van der Waals surface area contributed by atoms with Crippen LogP contribution >= 0.6 is 0 Å². The van der Waals surface area contributed by atoms with Crippen LogP contribution in [0.2, 0.25) is 0 Å². The first-order valence-electron chi connectivity index (χ1n) is 6.68. The second kappa shape index (κ2) is 6.88. The van der Waals surface area contributed by atoms with E-state index in [-0.39, 0.29) is 17.4 Å². The van der Waals surface area contributed by atoms with E-state index in [1.807, 2.05) is 13.8 Å². The number of nitro groups is 1. The number of hydrogen-bond donors (Lipinski definition) is 2. The molecule has 0 bridgehead atoms. The molecule has 0 radical (unpaired) electrons. The Bertz CT molecular complexity index is 498. The Morgan fingerprint density at radius 3 is 2.65 bits per heavy atom. The summed E-state index contributed by atoms with van der Waals surface area (Å²) < 4.78 is 1.50. The molecule has 2 N–H and O–H groups in total. The van der Waals surface area contributed by atoms with Crippen LogP contribution in [-0.4, -0.2) is 33.2 Å². The fourth-order valence-corrected chi connectivity index (χ4v) is 1.83. The largest absolute Gasteiger partial charge is 0.354 e. The van der Waals surface area contributed by atoms with Gasteiger partial charge >= 0.3 is 5.69 Å². The van der Waals surface area contributed by atoms with Crippen molar-refractivity contribution in [1.29, 1.82) is 0 Å². The Balaban J connectivity index is 2.95. The number of nitrogens with one attached hydrogen (secondary N) is 2. The molecule has 0 aliphatic carbocycles. The zero-order chi connectivity index (χ0) is 15.3. The maximum atomic E-state index is 11.8. The standard InChI is InChI=1S/C12H21N5O3/c1-5-7-13-12(18)9(4)14-11-10(17(19)20)8(3)15-16(11)6-2/h9,14H,5-7H2,1-4H3,(H,13,18). The van der Waals surface area contributed by atoms with Gasteiger partial charge in [-0.1, -0.05) is 6.92 Å². The van der Waals surface area contributed by atoms with Crippen LogP contribution in [0.4, 0.5) is 11.5 Å². The fraction of sp³-hybridized carbons (Fsp3) is 0.667. The maximum absolute atomic E-state index is 11.8. The molecule has 0 aliphatic rings. The van der Waals surface area contributed by atoms with Crippen molar-refractivity contribution in [3.05, 3.63) is 15.8 Å². The van der Waals surface area contributed by atoms with Crippen LogP contribution in [0.25, 0.3) is 0 Å².